The Kier molecular flexibility index (Phi) is 6.96. The zero-order chi connectivity index (χ0) is 18.9. The molecule has 0 bridgehead atoms. The fourth-order valence-corrected chi connectivity index (χ4v) is 2.91. The van der Waals surface area contributed by atoms with Gasteiger partial charge in [-0.05, 0) is 48.8 Å². The number of nitrogens with one attached hydrogen (secondary N) is 2. The number of para-hydroxylation sites is 2. The first-order valence-corrected chi connectivity index (χ1v) is 9.30. The zero-order valence-electron chi connectivity index (χ0n) is 14.9. The Hall–Kier alpha value is -2.70. The lowest BCUT2D eigenvalue weighted by atomic mass is 10.2. The van der Waals surface area contributed by atoms with Crippen molar-refractivity contribution in [1.29, 1.82) is 0 Å². The topological polar surface area (TPSA) is 59.6 Å². The monoisotopic (exact) mass is 382 g/mol. The van der Waals surface area contributed by atoms with Crippen LogP contribution < -0.4 is 15.4 Å². The Labute approximate surface area is 164 Å². The highest BCUT2D eigenvalue weighted by atomic mass is 32.1. The first kappa shape index (κ1) is 19.1. The highest BCUT2D eigenvalue weighted by molar-refractivity contribution is 7.80. The van der Waals surface area contributed by atoms with Crippen molar-refractivity contribution in [2.24, 2.45) is 0 Å². The average Bonchev–Trinajstić information content (AvgIpc) is 3.20. The van der Waals surface area contributed by atoms with Crippen molar-refractivity contribution < 1.29 is 14.3 Å². The number of hydrogen-bond donors (Lipinski definition) is 2. The summed E-state index contributed by atoms with van der Waals surface area (Å²) in [6, 6.07) is 17.1. The maximum absolute atomic E-state index is 12.0. The summed E-state index contributed by atoms with van der Waals surface area (Å²) in [6.07, 6.45) is 5.39. The lowest BCUT2D eigenvalue weighted by molar-refractivity contribution is -0.115. The molecule has 1 fully saturated rings. The molecule has 1 amide bonds. The van der Waals surface area contributed by atoms with Gasteiger partial charge in [0.05, 0.1) is 11.8 Å². The van der Waals surface area contributed by atoms with Gasteiger partial charge >= 0.3 is 0 Å². The molecule has 1 heterocycles. The van der Waals surface area contributed by atoms with Gasteiger partial charge in [-0.1, -0.05) is 42.5 Å². The molecule has 3 rings (SSSR count). The second-order valence-electron chi connectivity index (χ2n) is 6.13. The van der Waals surface area contributed by atoms with Gasteiger partial charge < -0.3 is 14.8 Å². The molecule has 2 aromatic rings. The van der Waals surface area contributed by atoms with Crippen molar-refractivity contribution in [2.75, 3.05) is 18.5 Å². The molecular weight excluding hydrogens is 360 g/mol. The van der Waals surface area contributed by atoms with Gasteiger partial charge in [-0.15, -0.1) is 0 Å². The fourth-order valence-electron chi connectivity index (χ4n) is 2.70. The molecule has 0 aromatic heterocycles. The molecule has 2 N–H and O–H groups in total. The summed E-state index contributed by atoms with van der Waals surface area (Å²) < 4.78 is 11.4. The number of ether oxygens (including phenoxy) is 2. The number of anilines is 1. The van der Waals surface area contributed by atoms with Crippen LogP contribution in [0.2, 0.25) is 0 Å². The molecule has 6 heteroatoms. The van der Waals surface area contributed by atoms with Crippen LogP contribution in [0.3, 0.4) is 0 Å². The lowest BCUT2D eigenvalue weighted by Crippen LogP contribution is -2.33. The zero-order valence-corrected chi connectivity index (χ0v) is 15.7. The Morgan fingerprint density at radius 3 is 2.74 bits per heavy atom. The molecule has 1 atom stereocenters. The third-order valence-electron chi connectivity index (χ3n) is 4.05. The van der Waals surface area contributed by atoms with E-state index in [4.69, 9.17) is 21.7 Å². The van der Waals surface area contributed by atoms with Crippen LogP contribution in [0.5, 0.6) is 5.75 Å². The summed E-state index contributed by atoms with van der Waals surface area (Å²) >= 11 is 5.24. The van der Waals surface area contributed by atoms with Crippen molar-refractivity contribution in [2.45, 2.75) is 18.9 Å². The molecule has 0 spiro atoms. The molecule has 1 saturated heterocycles. The summed E-state index contributed by atoms with van der Waals surface area (Å²) in [6.45, 7) is 1.29. The summed E-state index contributed by atoms with van der Waals surface area (Å²) in [4.78, 5) is 12.0. The maximum Gasteiger partial charge on any atom is 0.250 e. The minimum atomic E-state index is -0.297. The number of hydrogen-bond acceptors (Lipinski definition) is 4. The molecule has 1 aliphatic heterocycles. The van der Waals surface area contributed by atoms with Gasteiger partial charge in [0.2, 0.25) is 5.91 Å². The van der Waals surface area contributed by atoms with Crippen LogP contribution in [0.15, 0.2) is 60.7 Å². The molecule has 140 valence electrons. The van der Waals surface area contributed by atoms with E-state index in [1.54, 1.807) is 6.08 Å². The molecule has 1 unspecified atom stereocenters. The second kappa shape index (κ2) is 9.85. The number of rotatable bonds is 6. The summed E-state index contributed by atoms with van der Waals surface area (Å²) in [5.74, 6) is 0.374. The van der Waals surface area contributed by atoms with Gasteiger partial charge in [-0.2, -0.15) is 0 Å². The molecule has 0 aliphatic carbocycles. The van der Waals surface area contributed by atoms with Gasteiger partial charge in [0.25, 0.3) is 0 Å². The molecule has 1 aliphatic rings. The van der Waals surface area contributed by atoms with Crippen LogP contribution in [0.4, 0.5) is 5.69 Å². The van der Waals surface area contributed by atoms with Gasteiger partial charge in [0.15, 0.2) is 5.11 Å². The van der Waals surface area contributed by atoms with E-state index in [0.717, 1.165) is 25.0 Å². The van der Waals surface area contributed by atoms with Crippen molar-refractivity contribution in [3.05, 3.63) is 66.2 Å². The van der Waals surface area contributed by atoms with Gasteiger partial charge in [0.1, 0.15) is 12.4 Å². The summed E-state index contributed by atoms with van der Waals surface area (Å²) in [7, 11) is 0. The molecule has 27 heavy (non-hydrogen) atoms. The smallest absolute Gasteiger partial charge is 0.250 e. The summed E-state index contributed by atoms with van der Waals surface area (Å²) in [5.41, 5.74) is 1.65. The van der Waals surface area contributed by atoms with E-state index in [9.17, 15) is 4.79 Å². The molecule has 0 saturated carbocycles. The van der Waals surface area contributed by atoms with E-state index in [-0.39, 0.29) is 17.1 Å². The van der Waals surface area contributed by atoms with Crippen molar-refractivity contribution in [3.63, 3.8) is 0 Å². The number of amides is 1. The number of benzene rings is 2. The van der Waals surface area contributed by atoms with E-state index in [2.05, 4.69) is 10.6 Å². The standard InChI is InChI=1S/C21H22N2O3S/c24-20(13-12-16-7-2-1-3-8-16)23-21(27)22-18-10-4-5-11-19(18)26-15-17-9-6-14-25-17/h1-5,7-8,10-13,17H,6,9,14-15H2,(H2,22,23,24,27)/b13-12+. The third kappa shape index (κ3) is 6.20. The minimum absolute atomic E-state index is 0.132. The quantitative estimate of drug-likeness (QED) is 0.588. The number of carbonyl (C=O) groups excluding carboxylic acids is 1. The van der Waals surface area contributed by atoms with E-state index in [1.165, 1.54) is 6.08 Å². The largest absolute Gasteiger partial charge is 0.489 e. The Morgan fingerprint density at radius 2 is 1.96 bits per heavy atom. The lowest BCUT2D eigenvalue weighted by Gasteiger charge is -2.16. The number of thiocarbonyl (C=S) groups is 1. The Bertz CT molecular complexity index is 802. The van der Waals surface area contributed by atoms with Gasteiger partial charge in [-0.25, -0.2) is 0 Å². The van der Waals surface area contributed by atoms with Crippen molar-refractivity contribution >= 4 is 35.0 Å². The highest BCUT2D eigenvalue weighted by Gasteiger charge is 2.17. The second-order valence-corrected chi connectivity index (χ2v) is 6.54. The average molecular weight is 382 g/mol. The fraction of sp³-hybridized carbons (Fsp3) is 0.238. The van der Waals surface area contributed by atoms with E-state index in [1.807, 2.05) is 54.6 Å². The van der Waals surface area contributed by atoms with Crippen LogP contribution >= 0.6 is 12.2 Å². The number of carbonyl (C=O) groups is 1. The van der Waals surface area contributed by atoms with E-state index in [0.29, 0.717) is 18.0 Å². The Morgan fingerprint density at radius 1 is 1.19 bits per heavy atom. The van der Waals surface area contributed by atoms with Gasteiger partial charge in [-0.3, -0.25) is 10.1 Å². The summed E-state index contributed by atoms with van der Waals surface area (Å²) in [5, 5.41) is 5.87. The van der Waals surface area contributed by atoms with Crippen molar-refractivity contribution in [1.82, 2.24) is 5.32 Å². The minimum Gasteiger partial charge on any atom is -0.489 e. The molecular formula is C21H22N2O3S. The first-order valence-electron chi connectivity index (χ1n) is 8.89. The van der Waals surface area contributed by atoms with Gasteiger partial charge in [0, 0.05) is 12.7 Å². The third-order valence-corrected chi connectivity index (χ3v) is 4.25. The predicted molar refractivity (Wildman–Crippen MR) is 111 cm³/mol. The molecule has 5 nitrogen and oxygen atoms in total. The Balaban J connectivity index is 1.52. The van der Waals surface area contributed by atoms with Crippen LogP contribution in [0.1, 0.15) is 18.4 Å². The van der Waals surface area contributed by atoms with E-state index >= 15 is 0 Å². The normalized spacial score (nSPS) is 16.2. The molecule has 0 radical (unpaired) electrons. The highest BCUT2D eigenvalue weighted by Crippen LogP contribution is 2.25. The van der Waals surface area contributed by atoms with E-state index < -0.39 is 0 Å². The van der Waals surface area contributed by atoms with Crippen LogP contribution in [-0.4, -0.2) is 30.3 Å². The van der Waals surface area contributed by atoms with Crippen LogP contribution in [-0.2, 0) is 9.53 Å². The SMILES string of the molecule is O=C(/C=C/c1ccccc1)NC(=S)Nc1ccccc1OCC1CCCO1. The molecule has 2 aromatic carbocycles. The van der Waals surface area contributed by atoms with Crippen molar-refractivity contribution in [3.8, 4) is 5.75 Å². The maximum atomic E-state index is 12.0. The van der Waals surface area contributed by atoms with Crippen LogP contribution in [0.25, 0.3) is 6.08 Å². The predicted octanol–water partition coefficient (Wildman–Crippen LogP) is 3.77. The first-order chi connectivity index (χ1) is 13.2. The van der Waals surface area contributed by atoms with Crippen LogP contribution in [0, 0.1) is 0 Å².